The highest BCUT2D eigenvalue weighted by Gasteiger charge is 2.38. The summed E-state index contributed by atoms with van der Waals surface area (Å²) in [6.07, 6.45) is 35.7. The first kappa shape index (κ1) is 75.1. The number of aromatic nitrogens is 4. The molecule has 19 heteroatoms. The third kappa shape index (κ3) is 14.7. The number of hydrogen-bond donors (Lipinski definition) is 0. The van der Waals surface area contributed by atoms with Crippen LogP contribution < -0.4 is 0 Å². The van der Waals surface area contributed by atoms with Gasteiger partial charge in [0.15, 0.2) is 34.8 Å². The molecule has 103 heavy (non-hydrogen) atoms. The van der Waals surface area contributed by atoms with Crippen LogP contribution in [0.5, 0.6) is 0 Å². The van der Waals surface area contributed by atoms with Gasteiger partial charge in [-0.05, 0) is 109 Å². The van der Waals surface area contributed by atoms with Crippen LogP contribution in [0.3, 0.4) is 0 Å². The van der Waals surface area contributed by atoms with Crippen molar-refractivity contribution >= 4 is 164 Å². The molecule has 2 aliphatic carbocycles. The Hall–Kier alpha value is -7.62. The van der Waals surface area contributed by atoms with E-state index in [1.807, 2.05) is 24.3 Å². The number of unbranched alkanes of at least 4 members (excludes halogenated alkanes) is 18. The molecular formula is C84H90F4N8O2S5. The van der Waals surface area contributed by atoms with E-state index in [1.54, 1.807) is 57.5 Å². The number of thiophene rings is 4. The lowest BCUT2D eigenvalue weighted by atomic mass is 9.96. The Morgan fingerprint density at radius 2 is 0.767 bits per heavy atom. The lowest BCUT2D eigenvalue weighted by Gasteiger charge is -2.18. The summed E-state index contributed by atoms with van der Waals surface area (Å²) in [6, 6.07) is 11.5. The highest BCUT2D eigenvalue weighted by Crippen LogP contribution is 2.56. The average molecular weight is 1480 g/mol. The first-order chi connectivity index (χ1) is 50.2. The van der Waals surface area contributed by atoms with Gasteiger partial charge in [-0.2, -0.15) is 29.8 Å². The van der Waals surface area contributed by atoms with E-state index in [4.69, 9.17) is 8.75 Å². The summed E-state index contributed by atoms with van der Waals surface area (Å²) < 4.78 is 83.1. The van der Waals surface area contributed by atoms with Crippen molar-refractivity contribution in [1.29, 1.82) is 21.0 Å². The third-order valence-corrected chi connectivity index (χ3v) is 27.5. The predicted molar refractivity (Wildman–Crippen MR) is 421 cm³/mol. The number of allylic oxidation sites excluding steroid dienone is 6. The van der Waals surface area contributed by atoms with Crippen molar-refractivity contribution in [2.45, 2.75) is 247 Å². The molecule has 0 aliphatic heterocycles. The highest BCUT2D eigenvalue weighted by atomic mass is 32.1. The van der Waals surface area contributed by atoms with E-state index in [9.17, 15) is 30.6 Å². The topological polar surface area (TPSA) is 165 Å². The van der Waals surface area contributed by atoms with Crippen LogP contribution in [-0.4, -0.2) is 29.4 Å². The quantitative estimate of drug-likeness (QED) is 0.0162. The molecule has 7 aromatic heterocycles. The fourth-order valence-electron chi connectivity index (χ4n) is 16.1. The molecule has 0 saturated heterocycles. The standard InChI is InChI=1S/C84H90F4N8O2S5/c1-7-13-17-19-21-23-25-27-29-33-53-65(43-59-67(51(45-89)46-90)55-39-61(85)63(87)41-57(55)77(59)97)99-83-75-81(101-79(53)83)69-71-72(94-103-93-71)70-74(73(69)95(75)37-35-49(11-5)31-15-9-3)96(38-36-50(12-6)32-16-10-4)76-82(70)102-80-54(34-30-28-26-24-22-20-18-14-8-2)66(100-84(76)80)44-60-68(52(47-91)48-92)56-40-62(86)64(88)42-58(56)78(60)98/h39-44,49-50H,7-38H2,1-6H3/b59-43-,60-44-. The van der Waals surface area contributed by atoms with Gasteiger partial charge in [0, 0.05) is 67.0 Å². The van der Waals surface area contributed by atoms with E-state index in [2.05, 4.69) is 50.7 Å². The van der Waals surface area contributed by atoms with Crippen molar-refractivity contribution in [3.8, 4) is 24.3 Å². The summed E-state index contributed by atoms with van der Waals surface area (Å²) in [5.74, 6) is -5.01. The lowest BCUT2D eigenvalue weighted by molar-refractivity contribution is 0.103. The molecule has 7 heterocycles. The monoisotopic (exact) mass is 1480 g/mol. The Bertz CT molecular complexity index is 4870. The molecule has 0 amide bonds. The van der Waals surface area contributed by atoms with Gasteiger partial charge in [0.05, 0.1) is 62.0 Å². The molecule has 3 aromatic carbocycles. The summed E-state index contributed by atoms with van der Waals surface area (Å²) >= 11 is 7.89. The summed E-state index contributed by atoms with van der Waals surface area (Å²) in [7, 11) is 0. The zero-order valence-electron chi connectivity index (χ0n) is 60.2. The summed E-state index contributed by atoms with van der Waals surface area (Å²) in [5, 5.41) is 43.9. The summed E-state index contributed by atoms with van der Waals surface area (Å²) in [5.41, 5.74) is 7.38. The van der Waals surface area contributed by atoms with Crippen LogP contribution in [0.25, 0.3) is 95.4 Å². The van der Waals surface area contributed by atoms with Crippen molar-refractivity contribution in [1.82, 2.24) is 17.9 Å². The number of carbonyl (C=O) groups excluding carboxylic acids is 2. The first-order valence-corrected chi connectivity index (χ1v) is 41.9. The number of hydrogen-bond acceptors (Lipinski definition) is 13. The van der Waals surface area contributed by atoms with E-state index in [1.165, 1.54) is 75.9 Å². The molecule has 10 aromatic rings. The molecule has 0 radical (unpaired) electrons. The van der Waals surface area contributed by atoms with E-state index in [0.717, 1.165) is 233 Å². The van der Waals surface area contributed by atoms with E-state index >= 15 is 17.6 Å². The largest absolute Gasteiger partial charge is 0.337 e. The Labute approximate surface area is 622 Å². The van der Waals surface area contributed by atoms with Crippen LogP contribution in [0.2, 0.25) is 0 Å². The molecule has 10 nitrogen and oxygen atoms in total. The second-order valence-electron chi connectivity index (χ2n) is 28.4. The van der Waals surface area contributed by atoms with Crippen LogP contribution in [0.15, 0.2) is 46.6 Å². The van der Waals surface area contributed by atoms with Crippen LogP contribution in [0.4, 0.5) is 17.6 Å². The van der Waals surface area contributed by atoms with Crippen LogP contribution in [-0.2, 0) is 25.9 Å². The number of fused-ring (bicyclic) bond motifs is 16. The van der Waals surface area contributed by atoms with E-state index in [-0.39, 0.29) is 55.7 Å². The maximum Gasteiger partial charge on any atom is 0.194 e. The number of benzene rings is 3. The molecular weight excluding hydrogens is 1390 g/mol. The predicted octanol–water partition coefficient (Wildman–Crippen LogP) is 26.5. The van der Waals surface area contributed by atoms with Gasteiger partial charge >= 0.3 is 0 Å². The van der Waals surface area contributed by atoms with E-state index < -0.39 is 34.8 Å². The number of nitrogens with zero attached hydrogens (tertiary/aromatic N) is 8. The maximum atomic E-state index is 15.3. The third-order valence-electron chi connectivity index (χ3n) is 21.8. The molecule has 12 rings (SSSR count). The van der Waals surface area contributed by atoms with Gasteiger partial charge in [-0.15, -0.1) is 45.3 Å². The fourth-order valence-corrected chi connectivity index (χ4v) is 22.6. The van der Waals surface area contributed by atoms with Crippen LogP contribution in [0.1, 0.15) is 274 Å². The Kier molecular flexibility index (Phi) is 24.8. The fraction of sp³-hybridized carbons (Fsp3) is 0.476. The van der Waals surface area contributed by atoms with Gasteiger partial charge in [0.25, 0.3) is 0 Å². The first-order valence-electron chi connectivity index (χ1n) is 37.9. The average Bonchev–Trinajstić information content (AvgIpc) is 1.51. The Morgan fingerprint density at radius 3 is 1.11 bits per heavy atom. The smallest absolute Gasteiger partial charge is 0.194 e. The van der Waals surface area contributed by atoms with Gasteiger partial charge in [0.1, 0.15) is 46.5 Å². The van der Waals surface area contributed by atoms with E-state index in [0.29, 0.717) is 37.8 Å². The number of carbonyl (C=O) groups is 2. The number of nitriles is 4. The lowest BCUT2D eigenvalue weighted by Crippen LogP contribution is -2.08. The number of ketones is 2. The van der Waals surface area contributed by atoms with Gasteiger partial charge in [0.2, 0.25) is 0 Å². The van der Waals surface area contributed by atoms with Crippen LogP contribution in [0, 0.1) is 80.4 Å². The Balaban J connectivity index is 1.13. The Morgan fingerprint density at radius 1 is 0.427 bits per heavy atom. The number of Topliss-reactive ketones (excluding diaryl/α,β-unsaturated/α-hetero) is 2. The van der Waals surface area contributed by atoms with Gasteiger partial charge < -0.3 is 9.13 Å². The second-order valence-corrected chi connectivity index (χ2v) is 33.1. The van der Waals surface area contributed by atoms with Crippen molar-refractivity contribution < 1.29 is 27.2 Å². The molecule has 0 saturated carbocycles. The zero-order chi connectivity index (χ0) is 72.6. The van der Waals surface area contributed by atoms with Crippen molar-refractivity contribution in [2.75, 3.05) is 0 Å². The molecule has 0 fully saturated rings. The van der Waals surface area contributed by atoms with Crippen LogP contribution >= 0.6 is 57.1 Å². The van der Waals surface area contributed by atoms with Crippen molar-refractivity contribution in [2.24, 2.45) is 11.8 Å². The maximum absolute atomic E-state index is 15.3. The van der Waals surface area contributed by atoms with Gasteiger partial charge in [-0.3, -0.25) is 9.59 Å². The minimum atomic E-state index is -1.19. The summed E-state index contributed by atoms with van der Waals surface area (Å²) in [6.45, 7) is 14.9. The minimum absolute atomic E-state index is 0.00657. The minimum Gasteiger partial charge on any atom is -0.337 e. The molecule has 2 atom stereocenters. The number of halogens is 4. The molecule has 0 bridgehead atoms. The molecule has 2 aliphatic rings. The molecule has 2 unspecified atom stereocenters. The molecule has 0 N–H and O–H groups in total. The number of rotatable bonds is 36. The summed E-state index contributed by atoms with van der Waals surface area (Å²) in [4.78, 5) is 31.1. The normalized spacial score (nSPS) is 14.5. The molecule has 536 valence electrons. The van der Waals surface area contributed by atoms with Crippen molar-refractivity contribution in [3.05, 3.63) is 113 Å². The second kappa shape index (κ2) is 34.1. The highest BCUT2D eigenvalue weighted by molar-refractivity contribution is 7.34. The number of aryl methyl sites for hydroxylation is 4. The zero-order valence-corrected chi connectivity index (χ0v) is 64.3. The van der Waals surface area contributed by atoms with Gasteiger partial charge in [-0.1, -0.05) is 196 Å². The molecule has 0 spiro atoms. The van der Waals surface area contributed by atoms with Gasteiger partial charge in [-0.25, -0.2) is 17.6 Å². The SMILES string of the molecule is CCCCCCCCCCCc1c(/C=C2\C(=O)c3cc(F)c(F)cc3C2=C(C#N)C#N)sc2c1sc1c3c4nsnc4c4c5sc6c(CCCCCCCCCCC)c(/C=C7\C(=O)c8cc(F)c(F)cc8C7=C(C#N)C#N)sc6c5n(CCC(CC)CCCC)c4c3n(CCC(CC)CCCC)c21. The van der Waals surface area contributed by atoms with Crippen molar-refractivity contribution in [3.63, 3.8) is 0 Å².